The third-order valence-corrected chi connectivity index (χ3v) is 2.66. The molecule has 98 valence electrons. The van der Waals surface area contributed by atoms with Crippen molar-refractivity contribution in [3.05, 3.63) is 54.1 Å². The minimum absolute atomic E-state index is 0.172. The Morgan fingerprint density at radius 2 is 1.58 bits per heavy atom. The molecule has 0 saturated heterocycles. The summed E-state index contributed by atoms with van der Waals surface area (Å²) in [7, 11) is 1.60. The van der Waals surface area contributed by atoms with E-state index in [1.54, 1.807) is 55.6 Å². The number of nitrogen functional groups attached to an aromatic ring is 1. The second-order valence-electron chi connectivity index (χ2n) is 3.90. The zero-order chi connectivity index (χ0) is 13.7. The lowest BCUT2D eigenvalue weighted by molar-refractivity contribution is 0.102. The Bertz CT molecular complexity index is 550. The van der Waals surface area contributed by atoms with E-state index in [0.717, 1.165) is 11.4 Å². The highest BCUT2D eigenvalue weighted by Crippen LogP contribution is 2.16. The van der Waals surface area contributed by atoms with Crippen LogP contribution >= 0.6 is 0 Å². The van der Waals surface area contributed by atoms with Crippen molar-refractivity contribution in [2.45, 2.75) is 0 Å². The van der Waals surface area contributed by atoms with Crippen molar-refractivity contribution < 1.29 is 9.53 Å². The van der Waals surface area contributed by atoms with Crippen LogP contribution in [0.5, 0.6) is 5.75 Å². The molecule has 4 N–H and O–H groups in total. The van der Waals surface area contributed by atoms with Crippen molar-refractivity contribution in [1.29, 1.82) is 0 Å². The van der Waals surface area contributed by atoms with E-state index in [4.69, 9.17) is 10.6 Å². The number of nitrogens with two attached hydrogens (primary N) is 1. The number of amides is 1. The zero-order valence-corrected chi connectivity index (χ0v) is 10.5. The van der Waals surface area contributed by atoms with Gasteiger partial charge in [0.2, 0.25) is 0 Å². The Balaban J connectivity index is 2.06. The number of carbonyl (C=O) groups is 1. The number of rotatable bonds is 4. The minimum atomic E-state index is -0.172. The van der Waals surface area contributed by atoms with Crippen LogP contribution in [0.3, 0.4) is 0 Å². The summed E-state index contributed by atoms with van der Waals surface area (Å²) in [4.78, 5) is 12.0. The maximum Gasteiger partial charge on any atom is 0.255 e. The van der Waals surface area contributed by atoms with E-state index in [1.807, 2.05) is 0 Å². The molecule has 2 aromatic carbocycles. The summed E-state index contributed by atoms with van der Waals surface area (Å²) in [6.07, 6.45) is 0. The molecule has 0 atom stereocenters. The fourth-order valence-corrected chi connectivity index (χ4v) is 1.60. The van der Waals surface area contributed by atoms with Gasteiger partial charge in [-0.2, -0.15) is 0 Å². The minimum Gasteiger partial charge on any atom is -0.497 e. The summed E-state index contributed by atoms with van der Waals surface area (Å²) >= 11 is 0. The van der Waals surface area contributed by atoms with Gasteiger partial charge in [0.25, 0.3) is 5.91 Å². The summed E-state index contributed by atoms with van der Waals surface area (Å²) in [5.41, 5.74) is 4.54. The summed E-state index contributed by atoms with van der Waals surface area (Å²) in [6, 6.07) is 14.0. The molecule has 0 heterocycles. The lowest BCUT2D eigenvalue weighted by Gasteiger charge is -2.07. The van der Waals surface area contributed by atoms with E-state index in [1.165, 1.54) is 0 Å². The quantitative estimate of drug-likeness (QED) is 0.580. The molecular formula is C14H15N3O2. The molecule has 0 aliphatic heterocycles. The fraction of sp³-hybridized carbons (Fsp3) is 0.0714. The summed E-state index contributed by atoms with van der Waals surface area (Å²) in [6.45, 7) is 0. The van der Waals surface area contributed by atoms with Gasteiger partial charge in [-0.05, 0) is 48.5 Å². The number of methoxy groups -OCH3 is 1. The number of benzene rings is 2. The van der Waals surface area contributed by atoms with Gasteiger partial charge in [-0.15, -0.1) is 0 Å². The normalized spacial score (nSPS) is 9.79. The first-order valence-corrected chi connectivity index (χ1v) is 5.75. The van der Waals surface area contributed by atoms with Crippen LogP contribution < -0.4 is 21.3 Å². The van der Waals surface area contributed by atoms with Gasteiger partial charge in [0, 0.05) is 16.9 Å². The number of anilines is 2. The molecule has 5 heteroatoms. The van der Waals surface area contributed by atoms with Crippen molar-refractivity contribution >= 4 is 17.3 Å². The smallest absolute Gasteiger partial charge is 0.255 e. The number of ether oxygens (including phenoxy) is 1. The Labute approximate surface area is 111 Å². The van der Waals surface area contributed by atoms with Crippen LogP contribution in [0.4, 0.5) is 11.4 Å². The van der Waals surface area contributed by atoms with E-state index in [2.05, 4.69) is 10.7 Å². The van der Waals surface area contributed by atoms with Crippen molar-refractivity contribution in [1.82, 2.24) is 0 Å². The highest BCUT2D eigenvalue weighted by Gasteiger charge is 2.05. The molecule has 0 aliphatic carbocycles. The number of nitrogens with one attached hydrogen (secondary N) is 2. The van der Waals surface area contributed by atoms with E-state index in [-0.39, 0.29) is 5.91 Å². The first-order valence-electron chi connectivity index (χ1n) is 5.75. The second kappa shape index (κ2) is 5.88. The molecule has 0 bridgehead atoms. The molecule has 2 aromatic rings. The predicted octanol–water partition coefficient (Wildman–Crippen LogP) is 2.23. The van der Waals surface area contributed by atoms with Gasteiger partial charge in [0.15, 0.2) is 0 Å². The third-order valence-electron chi connectivity index (χ3n) is 2.66. The summed E-state index contributed by atoms with van der Waals surface area (Å²) < 4.78 is 5.05. The van der Waals surface area contributed by atoms with Gasteiger partial charge < -0.3 is 15.5 Å². The standard InChI is InChI=1S/C14H15N3O2/c1-19-13-8-6-11(7-9-13)16-14(18)10-2-4-12(17-15)5-3-10/h2-9,17H,15H2,1H3,(H,16,18). The molecular weight excluding hydrogens is 242 g/mol. The molecule has 0 radical (unpaired) electrons. The molecule has 0 spiro atoms. The van der Waals surface area contributed by atoms with Gasteiger partial charge in [0.1, 0.15) is 5.75 Å². The summed E-state index contributed by atoms with van der Waals surface area (Å²) in [5, 5.41) is 2.80. The van der Waals surface area contributed by atoms with E-state index < -0.39 is 0 Å². The van der Waals surface area contributed by atoms with Crippen LogP contribution in [-0.2, 0) is 0 Å². The van der Waals surface area contributed by atoms with Crippen molar-refractivity contribution in [2.24, 2.45) is 5.84 Å². The zero-order valence-electron chi connectivity index (χ0n) is 10.5. The Morgan fingerprint density at radius 1 is 1.00 bits per heavy atom. The maximum absolute atomic E-state index is 12.0. The fourth-order valence-electron chi connectivity index (χ4n) is 1.60. The predicted molar refractivity (Wildman–Crippen MR) is 75.2 cm³/mol. The first kappa shape index (κ1) is 12.9. The highest BCUT2D eigenvalue weighted by atomic mass is 16.5. The monoisotopic (exact) mass is 257 g/mol. The Hall–Kier alpha value is -2.53. The van der Waals surface area contributed by atoms with Crippen LogP contribution in [0.25, 0.3) is 0 Å². The Kier molecular flexibility index (Phi) is 4.00. The number of hydrogen-bond donors (Lipinski definition) is 3. The molecule has 5 nitrogen and oxygen atoms in total. The topological polar surface area (TPSA) is 76.4 Å². The molecule has 1 amide bonds. The van der Waals surface area contributed by atoms with Crippen LogP contribution in [-0.4, -0.2) is 13.0 Å². The number of hydrazine groups is 1. The van der Waals surface area contributed by atoms with Gasteiger partial charge in [-0.1, -0.05) is 0 Å². The molecule has 2 rings (SSSR count). The molecule has 0 unspecified atom stereocenters. The number of carbonyl (C=O) groups excluding carboxylic acids is 1. The molecule has 0 saturated carbocycles. The second-order valence-corrected chi connectivity index (χ2v) is 3.90. The van der Waals surface area contributed by atoms with Crippen molar-refractivity contribution in [3.8, 4) is 5.75 Å². The van der Waals surface area contributed by atoms with Crippen LogP contribution in [0.2, 0.25) is 0 Å². The molecule has 0 aliphatic rings. The third kappa shape index (κ3) is 3.23. The summed E-state index contributed by atoms with van der Waals surface area (Å²) in [5.74, 6) is 5.84. The lowest BCUT2D eigenvalue weighted by Crippen LogP contribution is -2.12. The maximum atomic E-state index is 12.0. The van der Waals surface area contributed by atoms with Gasteiger partial charge in [-0.25, -0.2) is 0 Å². The van der Waals surface area contributed by atoms with Crippen LogP contribution in [0, 0.1) is 0 Å². The van der Waals surface area contributed by atoms with E-state index >= 15 is 0 Å². The lowest BCUT2D eigenvalue weighted by atomic mass is 10.2. The average Bonchev–Trinajstić information content (AvgIpc) is 2.48. The Morgan fingerprint density at radius 3 is 2.11 bits per heavy atom. The van der Waals surface area contributed by atoms with E-state index in [0.29, 0.717) is 11.3 Å². The van der Waals surface area contributed by atoms with Gasteiger partial charge in [-0.3, -0.25) is 10.6 Å². The van der Waals surface area contributed by atoms with E-state index in [9.17, 15) is 4.79 Å². The van der Waals surface area contributed by atoms with Crippen molar-refractivity contribution in [2.75, 3.05) is 17.9 Å². The molecule has 0 fully saturated rings. The van der Waals surface area contributed by atoms with Crippen molar-refractivity contribution in [3.63, 3.8) is 0 Å². The average molecular weight is 257 g/mol. The first-order chi connectivity index (χ1) is 9.22. The number of hydrogen-bond acceptors (Lipinski definition) is 4. The highest BCUT2D eigenvalue weighted by molar-refractivity contribution is 6.04. The van der Waals surface area contributed by atoms with Gasteiger partial charge in [0.05, 0.1) is 7.11 Å². The SMILES string of the molecule is COc1ccc(NC(=O)c2ccc(NN)cc2)cc1. The van der Waals surface area contributed by atoms with Gasteiger partial charge >= 0.3 is 0 Å². The largest absolute Gasteiger partial charge is 0.497 e. The van der Waals surface area contributed by atoms with Crippen LogP contribution in [0.1, 0.15) is 10.4 Å². The van der Waals surface area contributed by atoms with Crippen LogP contribution in [0.15, 0.2) is 48.5 Å². The molecule has 0 aromatic heterocycles. The molecule has 19 heavy (non-hydrogen) atoms.